The van der Waals surface area contributed by atoms with Crippen LogP contribution in [0.1, 0.15) is 46.0 Å². The van der Waals surface area contributed by atoms with Crippen LogP contribution in [0.5, 0.6) is 0 Å². The van der Waals surface area contributed by atoms with Crippen LogP contribution >= 0.6 is 11.8 Å². The van der Waals surface area contributed by atoms with Gasteiger partial charge in [-0.2, -0.15) is 11.8 Å². The van der Waals surface area contributed by atoms with Crippen LogP contribution in [0.3, 0.4) is 0 Å². The summed E-state index contributed by atoms with van der Waals surface area (Å²) in [6.07, 6.45) is 8.82. The Morgan fingerprint density at radius 3 is 2.31 bits per heavy atom. The van der Waals surface area contributed by atoms with Crippen LogP contribution in [-0.4, -0.2) is 24.6 Å². The van der Waals surface area contributed by atoms with E-state index in [2.05, 4.69) is 25.4 Å². The van der Waals surface area contributed by atoms with E-state index in [1.54, 1.807) is 0 Å². The Bertz CT molecular complexity index is 92.1. The SMILES string of the molecule is CCC(CC)NCCCCCSC. The van der Waals surface area contributed by atoms with Gasteiger partial charge in [-0.25, -0.2) is 0 Å². The zero-order valence-electron chi connectivity index (χ0n) is 9.44. The maximum Gasteiger partial charge on any atom is 0.00618 e. The lowest BCUT2D eigenvalue weighted by molar-refractivity contribution is 0.473. The quantitative estimate of drug-likeness (QED) is 0.577. The standard InChI is InChI=1S/C11H25NS/c1-4-11(5-2)12-9-7-6-8-10-13-3/h11-12H,4-10H2,1-3H3. The van der Waals surface area contributed by atoms with E-state index in [1.807, 2.05) is 11.8 Å². The van der Waals surface area contributed by atoms with E-state index in [-0.39, 0.29) is 0 Å². The normalized spacial score (nSPS) is 11.1. The molecular weight excluding hydrogens is 178 g/mol. The van der Waals surface area contributed by atoms with Gasteiger partial charge in [0.15, 0.2) is 0 Å². The number of hydrogen-bond donors (Lipinski definition) is 1. The highest BCUT2D eigenvalue weighted by molar-refractivity contribution is 7.98. The Morgan fingerprint density at radius 1 is 1.08 bits per heavy atom. The summed E-state index contributed by atoms with van der Waals surface area (Å²) >= 11 is 1.95. The van der Waals surface area contributed by atoms with Gasteiger partial charge in [0.05, 0.1) is 0 Å². The molecular formula is C11H25NS. The Kier molecular flexibility index (Phi) is 10.6. The predicted molar refractivity (Wildman–Crippen MR) is 64.6 cm³/mol. The zero-order valence-corrected chi connectivity index (χ0v) is 10.3. The Morgan fingerprint density at radius 2 is 1.77 bits per heavy atom. The number of nitrogens with one attached hydrogen (secondary N) is 1. The lowest BCUT2D eigenvalue weighted by atomic mass is 10.1. The average Bonchev–Trinajstić information content (AvgIpc) is 2.17. The van der Waals surface area contributed by atoms with Gasteiger partial charge in [-0.05, 0) is 44.2 Å². The van der Waals surface area contributed by atoms with E-state index in [0.717, 1.165) is 6.04 Å². The number of unbranched alkanes of at least 4 members (excludes halogenated alkanes) is 2. The second kappa shape index (κ2) is 10.4. The molecule has 0 aliphatic carbocycles. The smallest absolute Gasteiger partial charge is 0.00618 e. The Balaban J connectivity index is 3.05. The van der Waals surface area contributed by atoms with E-state index in [9.17, 15) is 0 Å². The van der Waals surface area contributed by atoms with E-state index < -0.39 is 0 Å². The second-order valence-electron chi connectivity index (χ2n) is 3.52. The molecule has 0 atom stereocenters. The van der Waals surface area contributed by atoms with Crippen molar-refractivity contribution >= 4 is 11.8 Å². The van der Waals surface area contributed by atoms with Crippen molar-refractivity contribution in [1.29, 1.82) is 0 Å². The fourth-order valence-electron chi connectivity index (χ4n) is 1.43. The van der Waals surface area contributed by atoms with Crippen LogP contribution in [0.2, 0.25) is 0 Å². The third kappa shape index (κ3) is 8.63. The minimum atomic E-state index is 0.751. The summed E-state index contributed by atoms with van der Waals surface area (Å²) in [5.74, 6) is 1.32. The molecule has 0 saturated carbocycles. The minimum Gasteiger partial charge on any atom is -0.314 e. The summed E-state index contributed by atoms with van der Waals surface area (Å²) in [6, 6.07) is 0.751. The van der Waals surface area contributed by atoms with Crippen LogP contribution in [0, 0.1) is 0 Å². The topological polar surface area (TPSA) is 12.0 Å². The Labute approximate surface area is 88.1 Å². The van der Waals surface area contributed by atoms with Gasteiger partial charge >= 0.3 is 0 Å². The molecule has 0 fully saturated rings. The largest absolute Gasteiger partial charge is 0.314 e. The van der Waals surface area contributed by atoms with Gasteiger partial charge in [0.1, 0.15) is 0 Å². The lowest BCUT2D eigenvalue weighted by Crippen LogP contribution is -2.28. The molecule has 0 radical (unpaired) electrons. The fourth-order valence-corrected chi connectivity index (χ4v) is 1.92. The van der Waals surface area contributed by atoms with Crippen molar-refractivity contribution in [3.8, 4) is 0 Å². The van der Waals surface area contributed by atoms with Gasteiger partial charge in [0.2, 0.25) is 0 Å². The number of hydrogen-bond acceptors (Lipinski definition) is 2. The molecule has 0 spiro atoms. The van der Waals surface area contributed by atoms with Gasteiger partial charge in [0, 0.05) is 6.04 Å². The summed E-state index contributed by atoms with van der Waals surface area (Å²) < 4.78 is 0. The van der Waals surface area contributed by atoms with Crippen LogP contribution in [0.4, 0.5) is 0 Å². The lowest BCUT2D eigenvalue weighted by Gasteiger charge is -2.14. The molecule has 0 aromatic carbocycles. The molecule has 0 aliphatic heterocycles. The minimum absolute atomic E-state index is 0.751. The summed E-state index contributed by atoms with van der Waals surface area (Å²) in [7, 11) is 0. The van der Waals surface area contributed by atoms with Crippen LogP contribution < -0.4 is 5.32 Å². The zero-order chi connectivity index (χ0) is 9.94. The van der Waals surface area contributed by atoms with Crippen LogP contribution in [0.15, 0.2) is 0 Å². The van der Waals surface area contributed by atoms with E-state index in [0.29, 0.717) is 0 Å². The van der Waals surface area contributed by atoms with Gasteiger partial charge in [-0.1, -0.05) is 20.3 Å². The average molecular weight is 203 g/mol. The highest BCUT2D eigenvalue weighted by Gasteiger charge is 1.99. The molecule has 13 heavy (non-hydrogen) atoms. The molecule has 0 bridgehead atoms. The molecule has 1 nitrogen and oxygen atoms in total. The molecule has 0 unspecified atom stereocenters. The molecule has 1 N–H and O–H groups in total. The summed E-state index contributed by atoms with van der Waals surface area (Å²) in [5.41, 5.74) is 0. The van der Waals surface area contributed by atoms with Gasteiger partial charge < -0.3 is 5.32 Å². The molecule has 0 rings (SSSR count). The first-order valence-corrected chi connectivity index (χ1v) is 6.96. The maximum atomic E-state index is 3.59. The van der Waals surface area contributed by atoms with Crippen molar-refractivity contribution in [2.75, 3.05) is 18.6 Å². The predicted octanol–water partition coefficient (Wildman–Crippen LogP) is 3.30. The number of thioether (sulfide) groups is 1. The van der Waals surface area contributed by atoms with Gasteiger partial charge in [-0.3, -0.25) is 0 Å². The molecule has 0 saturated heterocycles. The van der Waals surface area contributed by atoms with E-state index in [1.165, 1.54) is 44.4 Å². The third-order valence-electron chi connectivity index (χ3n) is 2.44. The molecule has 0 heterocycles. The van der Waals surface area contributed by atoms with Crippen molar-refractivity contribution in [1.82, 2.24) is 5.32 Å². The summed E-state index contributed by atoms with van der Waals surface area (Å²) in [4.78, 5) is 0. The fraction of sp³-hybridized carbons (Fsp3) is 1.00. The highest BCUT2D eigenvalue weighted by atomic mass is 32.2. The monoisotopic (exact) mass is 203 g/mol. The van der Waals surface area contributed by atoms with Gasteiger partial charge in [-0.15, -0.1) is 0 Å². The van der Waals surface area contributed by atoms with Crippen molar-refractivity contribution in [3.63, 3.8) is 0 Å². The first kappa shape index (κ1) is 13.3. The summed E-state index contributed by atoms with van der Waals surface area (Å²) in [6.45, 7) is 5.73. The first-order chi connectivity index (χ1) is 6.35. The van der Waals surface area contributed by atoms with Crippen molar-refractivity contribution in [2.45, 2.75) is 52.0 Å². The van der Waals surface area contributed by atoms with Crippen molar-refractivity contribution in [2.24, 2.45) is 0 Å². The molecule has 2 heteroatoms. The molecule has 0 amide bonds. The molecule has 0 aromatic rings. The summed E-state index contributed by atoms with van der Waals surface area (Å²) in [5, 5.41) is 3.59. The Hall–Kier alpha value is 0.310. The first-order valence-electron chi connectivity index (χ1n) is 5.57. The molecule has 0 aromatic heterocycles. The van der Waals surface area contributed by atoms with Crippen LogP contribution in [-0.2, 0) is 0 Å². The number of rotatable bonds is 9. The molecule has 0 aliphatic rings. The van der Waals surface area contributed by atoms with Gasteiger partial charge in [0.25, 0.3) is 0 Å². The second-order valence-corrected chi connectivity index (χ2v) is 4.51. The molecule has 80 valence electrons. The maximum absolute atomic E-state index is 3.59. The van der Waals surface area contributed by atoms with Crippen LogP contribution in [0.25, 0.3) is 0 Å². The third-order valence-corrected chi connectivity index (χ3v) is 3.14. The van der Waals surface area contributed by atoms with E-state index in [4.69, 9.17) is 0 Å². The van der Waals surface area contributed by atoms with Crippen molar-refractivity contribution in [3.05, 3.63) is 0 Å². The highest BCUT2D eigenvalue weighted by Crippen LogP contribution is 2.02. The van der Waals surface area contributed by atoms with E-state index >= 15 is 0 Å². The van der Waals surface area contributed by atoms with Crippen molar-refractivity contribution < 1.29 is 0 Å².